The van der Waals surface area contributed by atoms with E-state index in [2.05, 4.69) is 4.98 Å². The number of carbonyl (C=O) groups is 4. The second-order valence-corrected chi connectivity index (χ2v) is 9.38. The molecule has 4 fully saturated rings. The van der Waals surface area contributed by atoms with E-state index < -0.39 is 0 Å². The van der Waals surface area contributed by atoms with Crippen molar-refractivity contribution in [2.24, 2.45) is 47.3 Å². The number of imide groups is 2. The molecule has 4 aliphatic carbocycles. The van der Waals surface area contributed by atoms with Crippen molar-refractivity contribution in [1.82, 2.24) is 4.98 Å². The lowest BCUT2D eigenvalue weighted by Crippen LogP contribution is -2.36. The maximum atomic E-state index is 13.1. The molecule has 3 heterocycles. The fraction of sp³-hybridized carbons (Fsp3) is 0.435. The van der Waals surface area contributed by atoms with Crippen molar-refractivity contribution in [3.63, 3.8) is 0 Å². The zero-order chi connectivity index (χ0) is 20.3. The molecule has 0 radical (unpaired) electrons. The van der Waals surface area contributed by atoms with Crippen molar-refractivity contribution < 1.29 is 19.2 Å². The van der Waals surface area contributed by atoms with E-state index in [1.807, 2.05) is 24.3 Å². The highest BCUT2D eigenvalue weighted by molar-refractivity contribution is 6.24. The van der Waals surface area contributed by atoms with Crippen LogP contribution < -0.4 is 9.80 Å². The smallest absolute Gasteiger partial charge is 0.239 e. The molecular formula is C23H19N3O4. The van der Waals surface area contributed by atoms with Crippen LogP contribution in [0.5, 0.6) is 0 Å². The maximum absolute atomic E-state index is 13.1. The van der Waals surface area contributed by atoms with Crippen LogP contribution >= 0.6 is 0 Å². The van der Waals surface area contributed by atoms with Gasteiger partial charge in [0.05, 0.1) is 23.7 Å². The van der Waals surface area contributed by atoms with Gasteiger partial charge in [-0.2, -0.15) is 0 Å². The normalized spacial score (nSPS) is 42.3. The number of hydrogen-bond acceptors (Lipinski definition) is 5. The summed E-state index contributed by atoms with van der Waals surface area (Å²) in [4.78, 5) is 59.1. The molecule has 0 N–H and O–H groups in total. The second kappa shape index (κ2) is 5.33. The van der Waals surface area contributed by atoms with Crippen LogP contribution in [0, 0.1) is 47.3 Å². The minimum atomic E-state index is -0.311. The minimum absolute atomic E-state index is 0.119. The fourth-order valence-electron chi connectivity index (χ4n) is 6.92. The average molecular weight is 401 g/mol. The molecule has 0 spiro atoms. The molecule has 7 nitrogen and oxygen atoms in total. The summed E-state index contributed by atoms with van der Waals surface area (Å²) in [6, 6.07) is 4.86. The van der Waals surface area contributed by atoms with Gasteiger partial charge in [0, 0.05) is 0 Å². The summed E-state index contributed by atoms with van der Waals surface area (Å²) < 4.78 is 0. The van der Waals surface area contributed by atoms with Gasteiger partial charge in [0.25, 0.3) is 0 Å². The minimum Gasteiger partial charge on any atom is -0.274 e. The number of anilines is 2. The van der Waals surface area contributed by atoms with Crippen molar-refractivity contribution >= 4 is 35.3 Å². The van der Waals surface area contributed by atoms with Crippen LogP contribution in [-0.2, 0) is 19.2 Å². The third-order valence-electron chi connectivity index (χ3n) is 8.12. The number of rotatable bonds is 2. The van der Waals surface area contributed by atoms with Crippen molar-refractivity contribution in [3.05, 3.63) is 42.5 Å². The number of nitrogens with zero attached hydrogens (tertiary/aromatic N) is 3. The first-order valence-electron chi connectivity index (χ1n) is 10.6. The summed E-state index contributed by atoms with van der Waals surface area (Å²) in [6.07, 6.45) is 9.92. The fourth-order valence-corrected chi connectivity index (χ4v) is 6.92. The molecule has 30 heavy (non-hydrogen) atoms. The Kier molecular flexibility index (Phi) is 2.96. The quantitative estimate of drug-likeness (QED) is 0.556. The number of aromatic nitrogens is 1. The van der Waals surface area contributed by atoms with Gasteiger partial charge in [0.2, 0.25) is 23.6 Å². The lowest BCUT2D eigenvalue weighted by Gasteiger charge is -2.20. The molecular weight excluding hydrogens is 382 g/mol. The maximum Gasteiger partial charge on any atom is 0.239 e. The van der Waals surface area contributed by atoms with Crippen LogP contribution in [-0.4, -0.2) is 28.6 Å². The van der Waals surface area contributed by atoms with E-state index in [-0.39, 0.29) is 82.6 Å². The highest BCUT2D eigenvalue weighted by atomic mass is 16.2. The Balaban J connectivity index is 1.24. The van der Waals surface area contributed by atoms with Gasteiger partial charge in [-0.3, -0.25) is 19.2 Å². The van der Waals surface area contributed by atoms with E-state index in [9.17, 15) is 19.2 Å². The zero-order valence-corrected chi connectivity index (χ0v) is 16.0. The number of carbonyl (C=O) groups excluding carboxylic acids is 4. The van der Waals surface area contributed by atoms with Gasteiger partial charge in [0.1, 0.15) is 11.6 Å². The largest absolute Gasteiger partial charge is 0.274 e. The first-order valence-corrected chi connectivity index (χ1v) is 10.6. The van der Waals surface area contributed by atoms with E-state index in [4.69, 9.17) is 0 Å². The Morgan fingerprint density at radius 1 is 0.600 bits per heavy atom. The number of fused-ring (bicyclic) bond motifs is 10. The topological polar surface area (TPSA) is 87.7 Å². The van der Waals surface area contributed by atoms with Crippen molar-refractivity contribution in [2.45, 2.75) is 12.8 Å². The molecule has 2 saturated heterocycles. The van der Waals surface area contributed by atoms with Gasteiger partial charge in [-0.05, 0) is 48.6 Å². The predicted molar refractivity (Wildman–Crippen MR) is 105 cm³/mol. The first-order chi connectivity index (χ1) is 14.5. The SMILES string of the molecule is O=C1[C@@H]2[C@H](C(=O)N1c1cccc(N3C(=O)[C@@H]4[C@H](C3=O)[C@H]3C=C[C@H]4C3)n1)[C@@H]1C=C[C@@H]2C1. The van der Waals surface area contributed by atoms with Crippen LogP contribution in [0.25, 0.3) is 0 Å². The molecule has 7 rings (SSSR count). The third kappa shape index (κ3) is 1.80. The molecule has 7 heteroatoms. The second-order valence-electron chi connectivity index (χ2n) is 9.38. The summed E-state index contributed by atoms with van der Waals surface area (Å²) in [7, 11) is 0. The lowest BCUT2D eigenvalue weighted by molar-refractivity contribution is -0.124. The van der Waals surface area contributed by atoms with Gasteiger partial charge < -0.3 is 0 Å². The summed E-state index contributed by atoms with van der Waals surface area (Å²) in [5.74, 6) is -1.23. The van der Waals surface area contributed by atoms with Gasteiger partial charge in [-0.1, -0.05) is 30.4 Å². The van der Waals surface area contributed by atoms with Gasteiger partial charge in [-0.25, -0.2) is 14.8 Å². The molecule has 0 unspecified atom stereocenters. The molecule has 4 bridgehead atoms. The highest BCUT2D eigenvalue weighted by Crippen LogP contribution is 2.54. The predicted octanol–water partition coefficient (Wildman–Crippen LogP) is 1.70. The molecule has 4 amide bonds. The van der Waals surface area contributed by atoms with Crippen LogP contribution in [0.3, 0.4) is 0 Å². The third-order valence-corrected chi connectivity index (χ3v) is 8.12. The summed E-state index contributed by atoms with van der Waals surface area (Å²) in [5, 5.41) is 0. The van der Waals surface area contributed by atoms with Crippen molar-refractivity contribution in [3.8, 4) is 0 Å². The first kappa shape index (κ1) is 16.7. The van der Waals surface area contributed by atoms with E-state index >= 15 is 0 Å². The Labute approximate surface area is 172 Å². The monoisotopic (exact) mass is 401 g/mol. The van der Waals surface area contributed by atoms with Gasteiger partial charge in [0.15, 0.2) is 0 Å². The van der Waals surface area contributed by atoms with E-state index in [1.165, 1.54) is 9.80 Å². The molecule has 0 aromatic carbocycles. The van der Waals surface area contributed by atoms with Gasteiger partial charge in [-0.15, -0.1) is 0 Å². The number of pyridine rings is 1. The molecule has 2 saturated carbocycles. The lowest BCUT2D eigenvalue weighted by atomic mass is 9.85. The molecule has 150 valence electrons. The van der Waals surface area contributed by atoms with Crippen LogP contribution in [0.2, 0.25) is 0 Å². The zero-order valence-electron chi connectivity index (χ0n) is 16.0. The van der Waals surface area contributed by atoms with E-state index in [1.54, 1.807) is 18.2 Å². The molecule has 8 atom stereocenters. The van der Waals surface area contributed by atoms with E-state index in [0.717, 1.165) is 12.8 Å². The van der Waals surface area contributed by atoms with E-state index in [0.29, 0.717) is 0 Å². The Morgan fingerprint density at radius 3 is 1.27 bits per heavy atom. The summed E-state index contributed by atoms with van der Waals surface area (Å²) in [6.45, 7) is 0. The average Bonchev–Trinajstić information content (AvgIpc) is 3.55. The van der Waals surface area contributed by atoms with Crippen LogP contribution in [0.15, 0.2) is 42.5 Å². The molecule has 1 aromatic heterocycles. The number of amides is 4. The Morgan fingerprint density at radius 2 is 0.933 bits per heavy atom. The highest BCUT2D eigenvalue weighted by Gasteiger charge is 2.61. The van der Waals surface area contributed by atoms with Crippen LogP contribution in [0.4, 0.5) is 11.6 Å². The number of hydrogen-bond donors (Lipinski definition) is 0. The Bertz CT molecular complexity index is 980. The standard InChI is InChI=1S/C23H19N3O4/c27-20-16-10-4-5-11(8-10)17(16)21(28)25(20)14-2-1-3-15(24-14)26-22(29)18-12-6-7-13(9-12)19(18)23(26)30/h1-7,10-13,16-19H,8-9H2/t10-,11-,12+,13+,16-,17+,18-,19+. The number of allylic oxidation sites excluding steroid dienone is 4. The molecule has 1 aromatic rings. The van der Waals surface area contributed by atoms with Crippen LogP contribution in [0.1, 0.15) is 12.8 Å². The van der Waals surface area contributed by atoms with Crippen molar-refractivity contribution in [2.75, 3.05) is 9.80 Å². The molecule has 2 aliphatic heterocycles. The molecule has 6 aliphatic rings. The van der Waals surface area contributed by atoms with Gasteiger partial charge >= 0.3 is 0 Å². The summed E-state index contributed by atoms with van der Waals surface area (Å²) in [5.41, 5.74) is 0. The summed E-state index contributed by atoms with van der Waals surface area (Å²) >= 11 is 0. The Hall–Kier alpha value is -3.09. The van der Waals surface area contributed by atoms with Crippen molar-refractivity contribution in [1.29, 1.82) is 0 Å².